The van der Waals surface area contributed by atoms with E-state index in [4.69, 9.17) is 4.98 Å². The zero-order chi connectivity index (χ0) is 20.0. The van der Waals surface area contributed by atoms with Crippen molar-refractivity contribution in [1.29, 1.82) is 0 Å². The van der Waals surface area contributed by atoms with Crippen molar-refractivity contribution in [3.63, 3.8) is 0 Å². The Morgan fingerprint density at radius 3 is 2.34 bits per heavy atom. The molecule has 1 aliphatic rings. The number of fused-ring (bicyclic) bond motifs is 2. The van der Waals surface area contributed by atoms with Gasteiger partial charge in [0.05, 0.1) is 27.9 Å². The quantitative estimate of drug-likeness (QED) is 0.496. The summed E-state index contributed by atoms with van der Waals surface area (Å²) < 4.78 is 1.56. The van der Waals surface area contributed by atoms with E-state index in [9.17, 15) is 9.59 Å². The van der Waals surface area contributed by atoms with Gasteiger partial charge < -0.3 is 4.90 Å². The molecule has 4 aromatic rings. The van der Waals surface area contributed by atoms with Gasteiger partial charge in [0.1, 0.15) is 5.82 Å². The van der Waals surface area contributed by atoms with Crippen LogP contribution in [0.25, 0.3) is 28.2 Å². The van der Waals surface area contributed by atoms with Gasteiger partial charge in [0.2, 0.25) is 0 Å². The Balaban J connectivity index is 1.83. The molecule has 0 unspecified atom stereocenters. The summed E-state index contributed by atoms with van der Waals surface area (Å²) in [7, 11) is 1.75. The minimum atomic E-state index is -0.166. The molecule has 5 nitrogen and oxygen atoms in total. The highest BCUT2D eigenvalue weighted by Crippen LogP contribution is 2.36. The highest BCUT2D eigenvalue weighted by atomic mass is 16.2. The van der Waals surface area contributed by atoms with Crippen molar-refractivity contribution in [2.45, 2.75) is 0 Å². The van der Waals surface area contributed by atoms with Crippen molar-refractivity contribution < 1.29 is 4.79 Å². The number of hydrogen-bond acceptors (Lipinski definition) is 3. The van der Waals surface area contributed by atoms with E-state index in [-0.39, 0.29) is 11.5 Å². The standard InChI is InChI=1S/C24H17N3O2/c1-26-21-14-8-6-11-17(21)19(23(26)28)15-22-25-20-13-7-5-12-18(20)24(29)27(22)16-9-3-2-4-10-16/h2-15H,1H3. The van der Waals surface area contributed by atoms with E-state index in [0.29, 0.717) is 28.0 Å². The number of likely N-dealkylation sites (N-methyl/N-ethyl adjacent to an activating group) is 1. The number of benzene rings is 3. The van der Waals surface area contributed by atoms with Crippen LogP contribution in [0.5, 0.6) is 0 Å². The lowest BCUT2D eigenvalue weighted by molar-refractivity contribution is -0.112. The lowest BCUT2D eigenvalue weighted by Gasteiger charge is -2.12. The number of para-hydroxylation sites is 3. The smallest absolute Gasteiger partial charge is 0.266 e. The maximum atomic E-state index is 13.3. The summed E-state index contributed by atoms with van der Waals surface area (Å²) in [4.78, 5) is 32.6. The average molecular weight is 379 g/mol. The molecule has 140 valence electrons. The highest BCUT2D eigenvalue weighted by Gasteiger charge is 2.29. The molecule has 0 aliphatic carbocycles. The van der Waals surface area contributed by atoms with Gasteiger partial charge in [0.15, 0.2) is 0 Å². The molecule has 1 amide bonds. The summed E-state index contributed by atoms with van der Waals surface area (Å²) in [5.74, 6) is 0.307. The third-order valence-electron chi connectivity index (χ3n) is 5.18. The fraction of sp³-hybridized carbons (Fsp3) is 0.0417. The SMILES string of the molecule is CN1C(=O)C(=Cc2nc3ccccc3c(=O)n2-c2ccccc2)c2ccccc21. The van der Waals surface area contributed by atoms with Gasteiger partial charge in [-0.1, -0.05) is 48.5 Å². The number of carbonyl (C=O) groups excluding carboxylic acids is 1. The molecule has 2 heterocycles. The van der Waals surface area contributed by atoms with Crippen LogP contribution in [-0.4, -0.2) is 22.5 Å². The number of nitrogens with zero attached hydrogens (tertiary/aromatic N) is 3. The van der Waals surface area contributed by atoms with E-state index in [2.05, 4.69) is 0 Å². The zero-order valence-corrected chi connectivity index (χ0v) is 15.7. The summed E-state index contributed by atoms with van der Waals surface area (Å²) in [5.41, 5.74) is 3.34. The molecule has 29 heavy (non-hydrogen) atoms. The van der Waals surface area contributed by atoms with Crippen molar-refractivity contribution >= 4 is 34.1 Å². The summed E-state index contributed by atoms with van der Waals surface area (Å²) in [5, 5.41) is 0.536. The number of aromatic nitrogens is 2. The molecule has 5 heteroatoms. The predicted molar refractivity (Wildman–Crippen MR) is 115 cm³/mol. The number of rotatable bonds is 2. The number of hydrogen-bond donors (Lipinski definition) is 0. The largest absolute Gasteiger partial charge is 0.311 e. The Hall–Kier alpha value is -3.99. The Morgan fingerprint density at radius 2 is 1.52 bits per heavy atom. The van der Waals surface area contributed by atoms with Crippen molar-refractivity contribution in [3.8, 4) is 5.69 Å². The molecule has 1 aromatic heterocycles. The summed E-state index contributed by atoms with van der Waals surface area (Å²) in [6, 6.07) is 24.2. The van der Waals surface area contributed by atoms with Crippen molar-refractivity contribution in [2.75, 3.05) is 11.9 Å². The molecule has 0 bridgehead atoms. The molecule has 0 spiro atoms. The van der Waals surface area contributed by atoms with Crippen LogP contribution in [0.15, 0.2) is 83.7 Å². The van der Waals surface area contributed by atoms with E-state index in [1.165, 1.54) is 0 Å². The number of anilines is 1. The van der Waals surface area contributed by atoms with Crippen molar-refractivity contribution in [1.82, 2.24) is 9.55 Å². The van der Waals surface area contributed by atoms with Crippen LogP contribution in [-0.2, 0) is 4.79 Å². The van der Waals surface area contributed by atoms with Gasteiger partial charge in [-0.05, 0) is 36.4 Å². The molecule has 3 aromatic carbocycles. The second kappa shape index (κ2) is 6.56. The molecule has 0 saturated carbocycles. The van der Waals surface area contributed by atoms with E-state index < -0.39 is 0 Å². The van der Waals surface area contributed by atoms with Gasteiger partial charge in [-0.2, -0.15) is 0 Å². The van der Waals surface area contributed by atoms with Crippen LogP contribution in [0.1, 0.15) is 11.4 Å². The van der Waals surface area contributed by atoms with Crippen LogP contribution < -0.4 is 10.5 Å². The fourth-order valence-electron chi connectivity index (χ4n) is 3.74. The van der Waals surface area contributed by atoms with Crippen LogP contribution in [0.3, 0.4) is 0 Å². The van der Waals surface area contributed by atoms with Crippen molar-refractivity contribution in [2.24, 2.45) is 0 Å². The minimum Gasteiger partial charge on any atom is -0.311 e. The monoisotopic (exact) mass is 379 g/mol. The van der Waals surface area contributed by atoms with Gasteiger partial charge in [0, 0.05) is 12.6 Å². The summed E-state index contributed by atoms with van der Waals surface area (Å²) in [6.45, 7) is 0. The Labute approximate surface area is 167 Å². The fourth-order valence-corrected chi connectivity index (χ4v) is 3.74. The molecular weight excluding hydrogens is 362 g/mol. The van der Waals surface area contributed by atoms with Crippen LogP contribution in [0.4, 0.5) is 5.69 Å². The third-order valence-corrected chi connectivity index (χ3v) is 5.18. The lowest BCUT2D eigenvalue weighted by Crippen LogP contribution is -2.23. The molecular formula is C24H17N3O2. The van der Waals surface area contributed by atoms with E-state index >= 15 is 0 Å². The van der Waals surface area contributed by atoms with Gasteiger partial charge in [-0.3, -0.25) is 14.2 Å². The number of amides is 1. The third kappa shape index (κ3) is 2.67. The summed E-state index contributed by atoms with van der Waals surface area (Å²) in [6.07, 6.45) is 1.71. The van der Waals surface area contributed by atoms with Gasteiger partial charge in [-0.15, -0.1) is 0 Å². The van der Waals surface area contributed by atoms with Gasteiger partial charge >= 0.3 is 0 Å². The first-order chi connectivity index (χ1) is 14.1. The van der Waals surface area contributed by atoms with Crippen molar-refractivity contribution in [3.05, 3.63) is 101 Å². The minimum absolute atomic E-state index is 0.117. The second-order valence-corrected chi connectivity index (χ2v) is 6.90. The zero-order valence-electron chi connectivity index (χ0n) is 15.7. The van der Waals surface area contributed by atoms with Crippen LogP contribution in [0, 0.1) is 0 Å². The van der Waals surface area contributed by atoms with Crippen LogP contribution in [0.2, 0.25) is 0 Å². The molecule has 1 aliphatic heterocycles. The molecule has 0 saturated heterocycles. The highest BCUT2D eigenvalue weighted by molar-refractivity contribution is 6.35. The first-order valence-electron chi connectivity index (χ1n) is 9.31. The maximum Gasteiger partial charge on any atom is 0.266 e. The van der Waals surface area contributed by atoms with Gasteiger partial charge in [-0.25, -0.2) is 4.98 Å². The topological polar surface area (TPSA) is 55.2 Å². The Bertz CT molecular complexity index is 1350. The molecule has 5 rings (SSSR count). The molecule has 0 N–H and O–H groups in total. The second-order valence-electron chi connectivity index (χ2n) is 6.90. The Kier molecular flexibility index (Phi) is 3.88. The molecule has 0 radical (unpaired) electrons. The Morgan fingerprint density at radius 1 is 0.828 bits per heavy atom. The van der Waals surface area contributed by atoms with E-state index in [0.717, 1.165) is 11.3 Å². The normalized spacial score (nSPS) is 14.6. The molecule has 0 fully saturated rings. The first kappa shape index (κ1) is 17.1. The van der Waals surface area contributed by atoms with Gasteiger partial charge in [0.25, 0.3) is 11.5 Å². The van der Waals surface area contributed by atoms with Crippen LogP contribution >= 0.6 is 0 Å². The maximum absolute atomic E-state index is 13.3. The van der Waals surface area contributed by atoms with E-state index in [1.54, 1.807) is 28.7 Å². The first-order valence-corrected chi connectivity index (χ1v) is 9.31. The molecule has 0 atom stereocenters. The lowest BCUT2D eigenvalue weighted by atomic mass is 10.1. The predicted octanol–water partition coefficient (Wildman–Crippen LogP) is 3.90. The van der Waals surface area contributed by atoms with E-state index in [1.807, 2.05) is 72.8 Å². The summed E-state index contributed by atoms with van der Waals surface area (Å²) >= 11 is 0. The number of carbonyl (C=O) groups is 1. The average Bonchev–Trinajstić information content (AvgIpc) is 3.00.